The van der Waals surface area contributed by atoms with E-state index in [-0.39, 0.29) is 11.8 Å². The number of nitrogens with one attached hydrogen (secondary N) is 2. The van der Waals surface area contributed by atoms with Gasteiger partial charge in [-0.2, -0.15) is 0 Å². The maximum absolute atomic E-state index is 11.1. The Kier molecular flexibility index (Phi) is 3.28. The maximum Gasteiger partial charge on any atom is 0.147 e. The number of hydrogen-bond acceptors (Lipinski definition) is 4. The van der Waals surface area contributed by atoms with Crippen LogP contribution in [0.15, 0.2) is 18.2 Å². The molecule has 1 atom stereocenters. The van der Waals surface area contributed by atoms with Crippen LogP contribution in [0.4, 0.5) is 11.4 Å². The average molecular weight is 254 g/mol. The van der Waals surface area contributed by atoms with E-state index in [0.717, 1.165) is 17.9 Å². The zero-order valence-electron chi connectivity index (χ0n) is 10.2. The molecular weight excluding hydrogens is 236 g/mol. The zero-order chi connectivity index (χ0) is 12.5. The molecule has 1 aliphatic heterocycles. The SMILES string of the molecule is Cc1ccc2c(c1)NC(CCS(C)(=O)=O)CN2. The molecule has 0 aromatic heterocycles. The monoisotopic (exact) mass is 254 g/mol. The van der Waals surface area contributed by atoms with E-state index in [2.05, 4.69) is 22.8 Å². The molecule has 1 aliphatic rings. The summed E-state index contributed by atoms with van der Waals surface area (Å²) < 4.78 is 22.3. The van der Waals surface area contributed by atoms with Crippen molar-refractivity contribution in [1.29, 1.82) is 0 Å². The van der Waals surface area contributed by atoms with Gasteiger partial charge >= 0.3 is 0 Å². The average Bonchev–Trinajstić information content (AvgIpc) is 2.24. The minimum Gasteiger partial charge on any atom is -0.381 e. The summed E-state index contributed by atoms with van der Waals surface area (Å²) in [6.07, 6.45) is 1.92. The third kappa shape index (κ3) is 3.36. The van der Waals surface area contributed by atoms with E-state index >= 15 is 0 Å². The van der Waals surface area contributed by atoms with Gasteiger partial charge in [0.2, 0.25) is 0 Å². The molecule has 0 amide bonds. The van der Waals surface area contributed by atoms with Crippen molar-refractivity contribution in [3.63, 3.8) is 0 Å². The fourth-order valence-electron chi connectivity index (χ4n) is 1.97. The first-order chi connectivity index (χ1) is 7.94. The lowest BCUT2D eigenvalue weighted by Gasteiger charge is -2.28. The Morgan fingerprint density at radius 1 is 1.35 bits per heavy atom. The Bertz CT molecular complexity index is 511. The molecule has 0 bridgehead atoms. The van der Waals surface area contributed by atoms with Gasteiger partial charge in [0.15, 0.2) is 0 Å². The predicted octanol–water partition coefficient (Wildman–Crippen LogP) is 1.64. The Labute approximate surface area is 102 Å². The fraction of sp³-hybridized carbons (Fsp3) is 0.500. The van der Waals surface area contributed by atoms with Gasteiger partial charge in [0.05, 0.1) is 17.1 Å². The van der Waals surface area contributed by atoms with Crippen LogP contribution in [-0.4, -0.2) is 33.0 Å². The van der Waals surface area contributed by atoms with Crippen LogP contribution in [0.5, 0.6) is 0 Å². The molecule has 0 aliphatic carbocycles. The molecule has 5 heteroatoms. The molecule has 1 unspecified atom stereocenters. The van der Waals surface area contributed by atoms with E-state index in [1.54, 1.807) is 0 Å². The van der Waals surface area contributed by atoms with Gasteiger partial charge in [-0.1, -0.05) is 6.07 Å². The van der Waals surface area contributed by atoms with E-state index < -0.39 is 9.84 Å². The second kappa shape index (κ2) is 4.56. The maximum atomic E-state index is 11.1. The molecular formula is C12H18N2O2S. The Hall–Kier alpha value is -1.23. The van der Waals surface area contributed by atoms with Gasteiger partial charge in [0.1, 0.15) is 9.84 Å². The van der Waals surface area contributed by atoms with Crippen LogP contribution in [0.1, 0.15) is 12.0 Å². The summed E-state index contributed by atoms with van der Waals surface area (Å²) in [4.78, 5) is 0. The molecule has 1 aromatic carbocycles. The quantitative estimate of drug-likeness (QED) is 0.861. The van der Waals surface area contributed by atoms with Crippen LogP contribution >= 0.6 is 0 Å². The lowest BCUT2D eigenvalue weighted by Crippen LogP contribution is -2.34. The van der Waals surface area contributed by atoms with Crippen molar-refractivity contribution < 1.29 is 8.42 Å². The highest BCUT2D eigenvalue weighted by Gasteiger charge is 2.18. The van der Waals surface area contributed by atoms with Crippen molar-refractivity contribution in [3.05, 3.63) is 23.8 Å². The topological polar surface area (TPSA) is 58.2 Å². The van der Waals surface area contributed by atoms with Gasteiger partial charge < -0.3 is 10.6 Å². The van der Waals surface area contributed by atoms with E-state index in [9.17, 15) is 8.42 Å². The Morgan fingerprint density at radius 3 is 2.82 bits per heavy atom. The summed E-state index contributed by atoms with van der Waals surface area (Å²) >= 11 is 0. The molecule has 2 rings (SSSR count). The van der Waals surface area contributed by atoms with E-state index in [0.29, 0.717) is 6.42 Å². The number of rotatable bonds is 3. The number of sulfone groups is 1. The first-order valence-electron chi connectivity index (χ1n) is 5.73. The van der Waals surface area contributed by atoms with Gasteiger partial charge in [0.25, 0.3) is 0 Å². The first kappa shape index (κ1) is 12.2. The Balaban J connectivity index is 2.03. The molecule has 0 spiro atoms. The summed E-state index contributed by atoms with van der Waals surface area (Å²) in [6.45, 7) is 2.81. The molecule has 17 heavy (non-hydrogen) atoms. The van der Waals surface area contributed by atoms with Crippen molar-refractivity contribution in [2.75, 3.05) is 29.2 Å². The van der Waals surface area contributed by atoms with Gasteiger partial charge in [0, 0.05) is 18.8 Å². The minimum atomic E-state index is -2.88. The number of fused-ring (bicyclic) bond motifs is 1. The Morgan fingerprint density at radius 2 is 2.12 bits per heavy atom. The van der Waals surface area contributed by atoms with Crippen LogP contribution in [0.25, 0.3) is 0 Å². The summed E-state index contributed by atoms with van der Waals surface area (Å²) in [5, 5.41) is 6.70. The zero-order valence-corrected chi connectivity index (χ0v) is 11.0. The van der Waals surface area contributed by atoms with E-state index in [4.69, 9.17) is 0 Å². The molecule has 94 valence electrons. The van der Waals surface area contributed by atoms with Crippen LogP contribution in [0.2, 0.25) is 0 Å². The summed E-state index contributed by atoms with van der Waals surface area (Å²) in [6, 6.07) is 6.36. The van der Waals surface area contributed by atoms with Crippen molar-refractivity contribution in [2.24, 2.45) is 0 Å². The predicted molar refractivity (Wildman–Crippen MR) is 71.4 cm³/mol. The van der Waals surface area contributed by atoms with Crippen molar-refractivity contribution in [1.82, 2.24) is 0 Å². The number of aryl methyl sites for hydroxylation is 1. The van der Waals surface area contributed by atoms with Crippen molar-refractivity contribution in [3.8, 4) is 0 Å². The molecule has 2 N–H and O–H groups in total. The number of benzene rings is 1. The molecule has 1 aromatic rings. The highest BCUT2D eigenvalue weighted by Crippen LogP contribution is 2.27. The third-order valence-corrected chi connectivity index (χ3v) is 3.89. The van der Waals surface area contributed by atoms with Gasteiger partial charge in [-0.3, -0.25) is 0 Å². The molecule has 0 saturated carbocycles. The number of hydrogen-bond donors (Lipinski definition) is 2. The lowest BCUT2D eigenvalue weighted by atomic mass is 10.1. The van der Waals surface area contributed by atoms with E-state index in [1.165, 1.54) is 11.8 Å². The normalized spacial score (nSPS) is 19.1. The smallest absolute Gasteiger partial charge is 0.147 e. The summed E-state index contributed by atoms with van der Waals surface area (Å²) in [7, 11) is -2.88. The molecule has 0 fully saturated rings. The second-order valence-corrected chi connectivity index (χ2v) is 6.95. The first-order valence-corrected chi connectivity index (χ1v) is 7.79. The minimum absolute atomic E-state index is 0.180. The fourth-order valence-corrected chi connectivity index (χ4v) is 2.68. The van der Waals surface area contributed by atoms with Crippen LogP contribution in [0, 0.1) is 6.92 Å². The van der Waals surface area contributed by atoms with Crippen molar-refractivity contribution in [2.45, 2.75) is 19.4 Å². The molecule has 1 heterocycles. The van der Waals surface area contributed by atoms with Crippen LogP contribution < -0.4 is 10.6 Å². The van der Waals surface area contributed by atoms with Crippen LogP contribution in [-0.2, 0) is 9.84 Å². The molecule has 0 saturated heterocycles. The van der Waals surface area contributed by atoms with Gasteiger partial charge in [-0.25, -0.2) is 8.42 Å². The number of anilines is 2. The standard InChI is InChI=1S/C12H18N2O2S/c1-9-3-4-11-12(7-9)14-10(8-13-11)5-6-17(2,15)16/h3-4,7,10,13-14H,5-6,8H2,1-2H3. The molecule has 4 nitrogen and oxygen atoms in total. The van der Waals surface area contributed by atoms with Crippen molar-refractivity contribution >= 4 is 21.2 Å². The second-order valence-electron chi connectivity index (χ2n) is 4.69. The third-order valence-electron chi connectivity index (χ3n) is 2.91. The van der Waals surface area contributed by atoms with E-state index in [1.807, 2.05) is 13.0 Å². The van der Waals surface area contributed by atoms with Gasteiger partial charge in [-0.05, 0) is 31.0 Å². The highest BCUT2D eigenvalue weighted by atomic mass is 32.2. The summed E-state index contributed by atoms with van der Waals surface area (Å²) in [5.74, 6) is 0.230. The highest BCUT2D eigenvalue weighted by molar-refractivity contribution is 7.90. The lowest BCUT2D eigenvalue weighted by molar-refractivity contribution is 0.594. The largest absolute Gasteiger partial charge is 0.381 e. The van der Waals surface area contributed by atoms with Gasteiger partial charge in [-0.15, -0.1) is 0 Å². The summed E-state index contributed by atoms with van der Waals surface area (Å²) in [5.41, 5.74) is 3.35. The van der Waals surface area contributed by atoms with Crippen LogP contribution in [0.3, 0.4) is 0 Å². The molecule has 0 radical (unpaired) electrons.